The highest BCUT2D eigenvalue weighted by Gasteiger charge is 2.26. The Morgan fingerprint density at radius 2 is 2.00 bits per heavy atom. The second-order valence-electron chi connectivity index (χ2n) is 5.77. The van der Waals surface area contributed by atoms with Crippen LogP contribution < -0.4 is 15.6 Å². The molecule has 0 aliphatic carbocycles. The maximum absolute atomic E-state index is 12.4. The molecule has 3 rings (SSSR count). The Morgan fingerprint density at radius 3 is 2.64 bits per heavy atom. The van der Waals surface area contributed by atoms with Crippen LogP contribution in [0.25, 0.3) is 5.82 Å². The Kier molecular flexibility index (Phi) is 5.16. The van der Waals surface area contributed by atoms with Gasteiger partial charge in [0, 0.05) is 5.69 Å². The first-order valence-electron chi connectivity index (χ1n) is 8.14. The van der Waals surface area contributed by atoms with Crippen LogP contribution in [0, 0.1) is 24.0 Å². The van der Waals surface area contributed by atoms with E-state index in [-0.39, 0.29) is 17.2 Å². The van der Waals surface area contributed by atoms with Gasteiger partial charge in [-0.15, -0.1) is 0 Å². The predicted molar refractivity (Wildman–Crippen MR) is 99.4 cm³/mol. The minimum absolute atomic E-state index is 0.0142. The molecule has 0 aliphatic rings. The molecule has 0 bridgehead atoms. The fraction of sp³-hybridized carbons (Fsp3) is 0.176. The summed E-state index contributed by atoms with van der Waals surface area (Å²) < 4.78 is 6.49. The maximum atomic E-state index is 12.4. The fourth-order valence-corrected chi connectivity index (χ4v) is 2.64. The van der Waals surface area contributed by atoms with E-state index in [1.165, 1.54) is 11.8 Å². The van der Waals surface area contributed by atoms with Gasteiger partial charge < -0.3 is 4.74 Å². The van der Waals surface area contributed by atoms with E-state index in [0.29, 0.717) is 17.1 Å². The van der Waals surface area contributed by atoms with Gasteiger partial charge in [0.2, 0.25) is 11.6 Å². The first-order valence-corrected chi connectivity index (χ1v) is 8.14. The molecule has 0 spiro atoms. The SMILES string of the molecule is COc1ccccc1C(=O)NNc1ncnc(-n2nc(C)cc2C)c1[N+](=O)[O-]. The zero-order valence-corrected chi connectivity index (χ0v) is 15.3. The Labute approximate surface area is 159 Å². The molecular weight excluding hydrogens is 366 g/mol. The smallest absolute Gasteiger partial charge is 0.357 e. The number of ether oxygens (including phenoxy) is 1. The Bertz CT molecular complexity index is 1050. The van der Waals surface area contributed by atoms with Crippen molar-refractivity contribution < 1.29 is 14.5 Å². The van der Waals surface area contributed by atoms with Gasteiger partial charge in [-0.05, 0) is 32.0 Å². The van der Waals surface area contributed by atoms with Gasteiger partial charge in [-0.2, -0.15) is 5.10 Å². The molecule has 1 aromatic carbocycles. The van der Waals surface area contributed by atoms with Gasteiger partial charge >= 0.3 is 5.69 Å². The zero-order chi connectivity index (χ0) is 20.3. The number of methoxy groups -OCH3 is 1. The van der Waals surface area contributed by atoms with Crippen LogP contribution >= 0.6 is 0 Å². The van der Waals surface area contributed by atoms with Crippen LogP contribution in [-0.2, 0) is 0 Å². The summed E-state index contributed by atoms with van der Waals surface area (Å²) in [5.41, 5.74) is 6.07. The number of rotatable bonds is 6. The number of anilines is 1. The third-order valence-corrected chi connectivity index (χ3v) is 3.84. The maximum Gasteiger partial charge on any atom is 0.357 e. The summed E-state index contributed by atoms with van der Waals surface area (Å²) in [7, 11) is 1.44. The summed E-state index contributed by atoms with van der Waals surface area (Å²) in [4.78, 5) is 31.3. The molecule has 3 aromatic rings. The van der Waals surface area contributed by atoms with Crippen LogP contribution in [0.3, 0.4) is 0 Å². The van der Waals surface area contributed by atoms with Crippen molar-refractivity contribution in [3.63, 3.8) is 0 Å². The van der Waals surface area contributed by atoms with Gasteiger partial charge in [0.25, 0.3) is 5.91 Å². The molecule has 144 valence electrons. The van der Waals surface area contributed by atoms with Crippen molar-refractivity contribution in [2.24, 2.45) is 0 Å². The molecule has 2 aromatic heterocycles. The van der Waals surface area contributed by atoms with Gasteiger partial charge in [0.05, 0.1) is 23.3 Å². The number of carbonyl (C=O) groups excluding carboxylic acids is 1. The number of para-hydroxylation sites is 1. The number of hydrogen-bond acceptors (Lipinski definition) is 8. The first-order chi connectivity index (χ1) is 13.4. The number of carbonyl (C=O) groups is 1. The Morgan fingerprint density at radius 1 is 1.25 bits per heavy atom. The van der Waals surface area contributed by atoms with Gasteiger partial charge in [0.1, 0.15) is 12.1 Å². The molecule has 2 N–H and O–H groups in total. The number of nitro groups is 1. The van der Waals surface area contributed by atoms with E-state index in [4.69, 9.17) is 4.74 Å². The first kappa shape index (κ1) is 18.8. The third-order valence-electron chi connectivity index (χ3n) is 3.84. The molecule has 2 heterocycles. The van der Waals surface area contributed by atoms with E-state index in [1.807, 2.05) is 0 Å². The number of nitrogens with one attached hydrogen (secondary N) is 2. The van der Waals surface area contributed by atoms with Crippen LogP contribution in [0.2, 0.25) is 0 Å². The lowest BCUT2D eigenvalue weighted by Gasteiger charge is -2.12. The summed E-state index contributed by atoms with van der Waals surface area (Å²) in [6, 6.07) is 8.35. The van der Waals surface area contributed by atoms with Crippen LogP contribution in [0.1, 0.15) is 21.7 Å². The molecule has 0 atom stereocenters. The molecular formula is C17H17N7O4. The summed E-state index contributed by atoms with van der Waals surface area (Å²) in [6.45, 7) is 3.52. The number of aryl methyl sites for hydroxylation is 2. The highest BCUT2D eigenvalue weighted by Crippen LogP contribution is 2.28. The quantitative estimate of drug-likeness (QED) is 0.487. The lowest BCUT2D eigenvalue weighted by molar-refractivity contribution is -0.384. The van der Waals surface area contributed by atoms with Crippen LogP contribution in [0.4, 0.5) is 11.5 Å². The molecule has 0 saturated heterocycles. The highest BCUT2D eigenvalue weighted by atomic mass is 16.6. The van der Waals surface area contributed by atoms with E-state index in [2.05, 4.69) is 25.9 Å². The van der Waals surface area contributed by atoms with Crippen molar-refractivity contribution in [1.29, 1.82) is 0 Å². The summed E-state index contributed by atoms with van der Waals surface area (Å²) in [6.07, 6.45) is 1.15. The summed E-state index contributed by atoms with van der Waals surface area (Å²) >= 11 is 0. The Balaban J connectivity index is 1.92. The van der Waals surface area contributed by atoms with Crippen molar-refractivity contribution in [1.82, 2.24) is 25.2 Å². The molecule has 11 heteroatoms. The lowest BCUT2D eigenvalue weighted by atomic mass is 10.2. The molecule has 0 saturated carbocycles. The number of aromatic nitrogens is 4. The average Bonchev–Trinajstić information content (AvgIpc) is 3.03. The van der Waals surface area contributed by atoms with Crippen LogP contribution in [0.5, 0.6) is 5.75 Å². The van der Waals surface area contributed by atoms with E-state index < -0.39 is 16.5 Å². The largest absolute Gasteiger partial charge is 0.496 e. The van der Waals surface area contributed by atoms with Gasteiger partial charge in [-0.3, -0.25) is 25.8 Å². The number of hydrazine groups is 1. The van der Waals surface area contributed by atoms with E-state index in [0.717, 1.165) is 6.33 Å². The molecule has 0 unspecified atom stereocenters. The minimum atomic E-state index is -0.636. The van der Waals surface area contributed by atoms with Gasteiger partial charge in [-0.25, -0.2) is 14.6 Å². The van der Waals surface area contributed by atoms with Crippen LogP contribution in [-0.4, -0.2) is 37.7 Å². The van der Waals surface area contributed by atoms with Crippen molar-refractivity contribution >= 4 is 17.4 Å². The van der Waals surface area contributed by atoms with Crippen molar-refractivity contribution in [2.75, 3.05) is 12.5 Å². The monoisotopic (exact) mass is 383 g/mol. The predicted octanol–water partition coefficient (Wildman–Crippen LogP) is 1.95. The topological polar surface area (TPSA) is 137 Å². The number of nitrogens with zero attached hydrogens (tertiary/aromatic N) is 5. The zero-order valence-electron chi connectivity index (χ0n) is 15.3. The summed E-state index contributed by atoms with van der Waals surface area (Å²) in [5, 5.41) is 15.9. The highest BCUT2D eigenvalue weighted by molar-refractivity contribution is 5.97. The molecule has 0 aliphatic heterocycles. The second kappa shape index (κ2) is 7.70. The number of amides is 1. The van der Waals surface area contributed by atoms with E-state index in [1.54, 1.807) is 44.2 Å². The van der Waals surface area contributed by atoms with Crippen molar-refractivity contribution in [3.05, 3.63) is 63.7 Å². The number of hydrogen-bond donors (Lipinski definition) is 2. The molecule has 0 radical (unpaired) electrons. The third kappa shape index (κ3) is 3.58. The summed E-state index contributed by atoms with van der Waals surface area (Å²) in [5.74, 6) is -0.370. The Hall–Kier alpha value is -4.02. The van der Waals surface area contributed by atoms with Crippen LogP contribution in [0.15, 0.2) is 36.7 Å². The second-order valence-corrected chi connectivity index (χ2v) is 5.77. The lowest BCUT2D eigenvalue weighted by Crippen LogP contribution is -2.30. The molecule has 28 heavy (non-hydrogen) atoms. The van der Waals surface area contributed by atoms with Gasteiger partial charge in [-0.1, -0.05) is 12.1 Å². The number of benzene rings is 1. The van der Waals surface area contributed by atoms with Crippen molar-refractivity contribution in [3.8, 4) is 11.6 Å². The molecule has 0 fully saturated rings. The molecule has 11 nitrogen and oxygen atoms in total. The van der Waals surface area contributed by atoms with Crippen molar-refractivity contribution in [2.45, 2.75) is 13.8 Å². The van der Waals surface area contributed by atoms with E-state index in [9.17, 15) is 14.9 Å². The molecule has 1 amide bonds. The minimum Gasteiger partial charge on any atom is -0.496 e. The van der Waals surface area contributed by atoms with E-state index >= 15 is 0 Å². The normalized spacial score (nSPS) is 10.4. The standard InChI is InChI=1S/C17H17N7O4/c1-10-8-11(2)23(22-10)16-14(24(26)27)15(18-9-19-16)20-21-17(25)12-6-4-5-7-13(12)28-3/h4-9H,1-3H3,(H,21,25)(H,18,19,20). The average molecular weight is 383 g/mol. The fourth-order valence-electron chi connectivity index (χ4n) is 2.64. The van der Waals surface area contributed by atoms with Gasteiger partial charge in [0.15, 0.2) is 0 Å².